The van der Waals surface area contributed by atoms with Crippen molar-refractivity contribution in [3.05, 3.63) is 29.8 Å². The minimum absolute atomic E-state index is 0. The summed E-state index contributed by atoms with van der Waals surface area (Å²) < 4.78 is 26.5. The molecule has 0 aromatic heterocycles. The van der Waals surface area contributed by atoms with Gasteiger partial charge in [0.25, 0.3) is 0 Å². The number of sulfonamides is 1. The van der Waals surface area contributed by atoms with Crippen molar-refractivity contribution in [2.75, 3.05) is 40.3 Å². The molecule has 1 fully saturated rings. The van der Waals surface area contributed by atoms with E-state index in [0.717, 1.165) is 37.0 Å². The summed E-state index contributed by atoms with van der Waals surface area (Å²) in [6, 6.07) is 6.95. The Morgan fingerprint density at radius 2 is 1.81 bits per heavy atom. The molecule has 9 heteroatoms. The molecule has 0 aliphatic carbocycles. The second kappa shape index (κ2) is 13.6. The van der Waals surface area contributed by atoms with Crippen LogP contribution < -0.4 is 10.6 Å². The zero-order chi connectivity index (χ0) is 22.1. The maximum atomic E-state index is 12.6. The number of benzene rings is 1. The van der Waals surface area contributed by atoms with Gasteiger partial charge in [0.2, 0.25) is 10.0 Å². The van der Waals surface area contributed by atoms with Gasteiger partial charge in [-0.1, -0.05) is 19.1 Å². The zero-order valence-corrected chi connectivity index (χ0v) is 22.7. The predicted molar refractivity (Wildman–Crippen MR) is 140 cm³/mol. The molecule has 1 aliphatic rings. The van der Waals surface area contributed by atoms with Gasteiger partial charge in [0, 0.05) is 33.2 Å². The van der Waals surface area contributed by atoms with Crippen LogP contribution in [0.5, 0.6) is 0 Å². The lowest BCUT2D eigenvalue weighted by Gasteiger charge is -2.30. The minimum Gasteiger partial charge on any atom is -0.356 e. The molecule has 0 bridgehead atoms. The molecule has 0 unspecified atom stereocenters. The number of hydrogen-bond acceptors (Lipinski definition) is 4. The van der Waals surface area contributed by atoms with Crippen LogP contribution in [0.3, 0.4) is 0 Å². The molecule has 1 saturated heterocycles. The largest absolute Gasteiger partial charge is 0.356 e. The number of nitrogens with one attached hydrogen (secondary N) is 2. The van der Waals surface area contributed by atoms with Crippen molar-refractivity contribution in [1.29, 1.82) is 0 Å². The summed E-state index contributed by atoms with van der Waals surface area (Å²) in [5, 5.41) is 6.66. The first kappa shape index (κ1) is 28.1. The monoisotopic (exact) mass is 565 g/mol. The Labute approximate surface area is 206 Å². The molecule has 1 aromatic rings. The average molecular weight is 566 g/mol. The Bertz CT molecular complexity index is 776. The van der Waals surface area contributed by atoms with Crippen molar-refractivity contribution < 1.29 is 8.42 Å². The molecule has 0 spiro atoms. The van der Waals surface area contributed by atoms with Gasteiger partial charge in [0.15, 0.2) is 5.96 Å². The predicted octanol–water partition coefficient (Wildman–Crippen LogP) is 3.12. The van der Waals surface area contributed by atoms with Gasteiger partial charge in [0.05, 0.1) is 4.90 Å². The average Bonchev–Trinajstić information content (AvgIpc) is 2.74. The van der Waals surface area contributed by atoms with Gasteiger partial charge in [-0.25, -0.2) is 8.42 Å². The molecule has 0 radical (unpaired) electrons. The summed E-state index contributed by atoms with van der Waals surface area (Å²) in [6.07, 6.45) is 3.71. The maximum Gasteiger partial charge on any atom is 0.243 e. The number of nitrogens with zero attached hydrogens (tertiary/aromatic N) is 3. The van der Waals surface area contributed by atoms with Crippen LogP contribution in [0.25, 0.3) is 0 Å². The van der Waals surface area contributed by atoms with Crippen LogP contribution in [0.4, 0.5) is 0 Å². The fraction of sp³-hybridized carbons (Fsp3) is 0.682. The zero-order valence-electron chi connectivity index (χ0n) is 19.6. The molecular weight excluding hydrogens is 525 g/mol. The van der Waals surface area contributed by atoms with Crippen LogP contribution in [0.15, 0.2) is 34.2 Å². The van der Waals surface area contributed by atoms with Gasteiger partial charge in [0.1, 0.15) is 0 Å². The van der Waals surface area contributed by atoms with Gasteiger partial charge in [-0.2, -0.15) is 4.31 Å². The Hall–Kier alpha value is -0.910. The van der Waals surface area contributed by atoms with Crippen LogP contribution in [0.2, 0.25) is 0 Å². The summed E-state index contributed by atoms with van der Waals surface area (Å²) >= 11 is 0. The van der Waals surface area contributed by atoms with E-state index in [1.165, 1.54) is 30.2 Å². The second-order valence-corrected chi connectivity index (χ2v) is 10.5. The van der Waals surface area contributed by atoms with Crippen LogP contribution in [0.1, 0.15) is 45.6 Å². The van der Waals surface area contributed by atoms with Crippen molar-refractivity contribution in [3.63, 3.8) is 0 Å². The third-order valence-electron chi connectivity index (χ3n) is 5.83. The first-order chi connectivity index (χ1) is 14.2. The number of hydrogen-bond donors (Lipinski definition) is 2. The molecule has 31 heavy (non-hydrogen) atoms. The molecular formula is C22H40IN5O2S. The minimum atomic E-state index is -3.45. The fourth-order valence-electron chi connectivity index (χ4n) is 3.42. The Balaban J connectivity index is 0.00000480. The Morgan fingerprint density at radius 1 is 1.19 bits per heavy atom. The fourth-order valence-corrected chi connectivity index (χ4v) is 4.79. The van der Waals surface area contributed by atoms with E-state index < -0.39 is 10.0 Å². The summed E-state index contributed by atoms with van der Waals surface area (Å²) in [6.45, 7) is 11.1. The second-order valence-electron chi connectivity index (χ2n) is 8.49. The van der Waals surface area contributed by atoms with Crippen molar-refractivity contribution >= 4 is 40.0 Å². The molecule has 0 saturated carbocycles. The smallest absolute Gasteiger partial charge is 0.243 e. The summed E-state index contributed by atoms with van der Waals surface area (Å²) in [7, 11) is -0.0748. The highest BCUT2D eigenvalue weighted by atomic mass is 127. The molecule has 1 heterocycles. The molecule has 7 nitrogen and oxygen atoms in total. The Kier molecular flexibility index (Phi) is 12.3. The lowest BCUT2D eigenvalue weighted by Crippen LogP contribution is -2.39. The maximum absolute atomic E-state index is 12.6. The molecule has 0 atom stereocenters. The first-order valence-corrected chi connectivity index (χ1v) is 12.4. The summed E-state index contributed by atoms with van der Waals surface area (Å²) in [5.74, 6) is 1.63. The van der Waals surface area contributed by atoms with Crippen molar-refractivity contribution in [2.45, 2.75) is 57.5 Å². The third kappa shape index (κ3) is 8.86. The number of piperidine rings is 1. The normalized spacial score (nSPS) is 16.4. The van der Waals surface area contributed by atoms with E-state index in [2.05, 4.69) is 27.4 Å². The molecule has 2 N–H and O–H groups in total. The highest BCUT2D eigenvalue weighted by Crippen LogP contribution is 2.17. The topological polar surface area (TPSA) is 77.0 Å². The van der Waals surface area contributed by atoms with Gasteiger partial charge >= 0.3 is 0 Å². The van der Waals surface area contributed by atoms with Gasteiger partial charge in [-0.15, -0.1) is 24.0 Å². The number of halogens is 1. The number of aliphatic imine (C=N–C) groups is 1. The number of likely N-dealkylation sites (tertiary alicyclic amines) is 1. The van der Waals surface area contributed by atoms with Gasteiger partial charge in [-0.3, -0.25) is 4.99 Å². The lowest BCUT2D eigenvalue weighted by atomic mass is 9.99. The molecule has 2 rings (SSSR count). The van der Waals surface area contributed by atoms with Crippen LogP contribution >= 0.6 is 24.0 Å². The van der Waals surface area contributed by atoms with Crippen LogP contribution in [-0.2, 0) is 16.6 Å². The van der Waals surface area contributed by atoms with E-state index in [1.807, 2.05) is 26.0 Å². The summed E-state index contributed by atoms with van der Waals surface area (Å²) in [5.41, 5.74) is 1.01. The molecule has 1 aliphatic heterocycles. The quantitative estimate of drug-likeness (QED) is 0.208. The standard InChI is InChI=1S/C22H39N5O2S.HI/c1-18(2)26(5)30(28,29)21-9-7-20(8-10-21)17-25-22(23-4)24-13-6-14-27-15-11-19(3)12-16-27;/h7-10,18-19H,6,11-17H2,1-5H3,(H2,23,24,25);1H. The first-order valence-electron chi connectivity index (χ1n) is 11.0. The van der Waals surface area contributed by atoms with Crippen molar-refractivity contribution in [1.82, 2.24) is 19.8 Å². The van der Waals surface area contributed by atoms with E-state index in [-0.39, 0.29) is 30.0 Å². The lowest BCUT2D eigenvalue weighted by molar-refractivity contribution is 0.191. The molecule has 0 amide bonds. The van der Waals surface area contributed by atoms with E-state index in [0.29, 0.717) is 11.4 Å². The highest BCUT2D eigenvalue weighted by molar-refractivity contribution is 14.0. The van der Waals surface area contributed by atoms with Crippen molar-refractivity contribution in [3.8, 4) is 0 Å². The van der Waals surface area contributed by atoms with E-state index in [4.69, 9.17) is 0 Å². The van der Waals surface area contributed by atoms with Gasteiger partial charge < -0.3 is 15.5 Å². The Morgan fingerprint density at radius 3 is 2.35 bits per heavy atom. The van der Waals surface area contributed by atoms with E-state index in [9.17, 15) is 8.42 Å². The van der Waals surface area contributed by atoms with Crippen LogP contribution in [0, 0.1) is 5.92 Å². The van der Waals surface area contributed by atoms with E-state index >= 15 is 0 Å². The SMILES string of the molecule is CN=C(NCCCN1CCC(C)CC1)NCc1ccc(S(=O)(=O)N(C)C(C)C)cc1.I. The van der Waals surface area contributed by atoms with Crippen molar-refractivity contribution in [2.24, 2.45) is 10.9 Å². The third-order valence-corrected chi connectivity index (χ3v) is 7.88. The number of guanidine groups is 1. The van der Waals surface area contributed by atoms with E-state index in [1.54, 1.807) is 26.2 Å². The number of rotatable bonds is 9. The molecule has 1 aromatic carbocycles. The van der Waals surface area contributed by atoms with Gasteiger partial charge in [-0.05, 0) is 76.4 Å². The summed E-state index contributed by atoms with van der Waals surface area (Å²) in [4.78, 5) is 7.14. The molecule has 178 valence electrons. The highest BCUT2D eigenvalue weighted by Gasteiger charge is 2.22. The van der Waals surface area contributed by atoms with Crippen LogP contribution in [-0.4, -0.2) is 69.9 Å².